The van der Waals surface area contributed by atoms with E-state index in [1.807, 2.05) is 19.1 Å². The second-order valence-electron chi connectivity index (χ2n) is 4.59. The van der Waals surface area contributed by atoms with E-state index in [9.17, 15) is 5.11 Å². The van der Waals surface area contributed by atoms with Crippen LogP contribution in [0.3, 0.4) is 0 Å². The van der Waals surface area contributed by atoms with Crippen LogP contribution in [0.1, 0.15) is 36.6 Å². The van der Waals surface area contributed by atoms with E-state index in [1.165, 1.54) is 6.42 Å². The Kier molecular flexibility index (Phi) is 2.35. The first kappa shape index (κ1) is 10.3. The first-order chi connectivity index (χ1) is 8.24. The number of phenols is 1. The van der Waals surface area contributed by atoms with E-state index in [0.29, 0.717) is 11.8 Å². The molecule has 0 unspecified atom stereocenters. The molecule has 1 aliphatic rings. The lowest BCUT2D eigenvalue weighted by Gasteiger charge is -2.20. The summed E-state index contributed by atoms with van der Waals surface area (Å²) in [5, 5.41) is 13.6. The van der Waals surface area contributed by atoms with Crippen LogP contribution in [0.15, 0.2) is 22.7 Å². The van der Waals surface area contributed by atoms with Gasteiger partial charge in [0.25, 0.3) is 5.89 Å². The number of aryl methyl sites for hydroxylation is 1. The fourth-order valence-electron chi connectivity index (χ4n) is 1.93. The molecular weight excluding hydrogens is 216 g/mol. The first-order valence-corrected chi connectivity index (χ1v) is 5.87. The Morgan fingerprint density at radius 2 is 2.18 bits per heavy atom. The monoisotopic (exact) mass is 230 g/mol. The van der Waals surface area contributed by atoms with Gasteiger partial charge in [0.15, 0.2) is 5.82 Å². The van der Waals surface area contributed by atoms with Gasteiger partial charge in [-0.3, -0.25) is 0 Å². The molecule has 1 aromatic heterocycles. The van der Waals surface area contributed by atoms with Gasteiger partial charge in [0, 0.05) is 11.5 Å². The highest BCUT2D eigenvalue weighted by Gasteiger charge is 2.24. The Labute approximate surface area is 99.3 Å². The molecule has 2 aromatic rings. The summed E-state index contributed by atoms with van der Waals surface area (Å²) in [6.07, 6.45) is 3.55. The zero-order chi connectivity index (χ0) is 11.8. The minimum Gasteiger partial charge on any atom is -0.508 e. The average Bonchev–Trinajstić information content (AvgIpc) is 2.69. The summed E-state index contributed by atoms with van der Waals surface area (Å²) in [7, 11) is 0. The van der Waals surface area contributed by atoms with Crippen LogP contribution in [0, 0.1) is 6.92 Å². The van der Waals surface area contributed by atoms with Gasteiger partial charge < -0.3 is 9.63 Å². The zero-order valence-electron chi connectivity index (χ0n) is 9.68. The zero-order valence-corrected chi connectivity index (χ0v) is 9.68. The number of phenolic OH excluding ortho intramolecular Hbond substituents is 1. The molecule has 17 heavy (non-hydrogen) atoms. The maximum atomic E-state index is 9.64. The largest absolute Gasteiger partial charge is 0.508 e. The molecule has 0 spiro atoms. The molecule has 88 valence electrons. The van der Waals surface area contributed by atoms with Crippen molar-refractivity contribution in [3.05, 3.63) is 29.6 Å². The van der Waals surface area contributed by atoms with Crippen molar-refractivity contribution in [1.29, 1.82) is 0 Å². The topological polar surface area (TPSA) is 59.2 Å². The van der Waals surface area contributed by atoms with E-state index < -0.39 is 0 Å². The number of rotatable bonds is 2. The standard InChI is InChI=1S/C13H14N2O2/c1-8-5-6-10(7-11(8)16)13-14-12(15-17-13)9-3-2-4-9/h5-7,9,16H,2-4H2,1H3. The van der Waals surface area contributed by atoms with Gasteiger partial charge in [0.2, 0.25) is 0 Å². The smallest absolute Gasteiger partial charge is 0.258 e. The number of aromatic hydroxyl groups is 1. The van der Waals surface area contributed by atoms with Gasteiger partial charge in [-0.25, -0.2) is 0 Å². The number of benzene rings is 1. The van der Waals surface area contributed by atoms with Crippen LogP contribution in [0.4, 0.5) is 0 Å². The van der Waals surface area contributed by atoms with Crippen LogP contribution in [0.2, 0.25) is 0 Å². The summed E-state index contributed by atoms with van der Waals surface area (Å²) in [6, 6.07) is 5.39. The molecular formula is C13H14N2O2. The van der Waals surface area contributed by atoms with Gasteiger partial charge in [-0.1, -0.05) is 17.6 Å². The van der Waals surface area contributed by atoms with Crippen molar-refractivity contribution in [3.8, 4) is 17.2 Å². The Morgan fingerprint density at radius 3 is 2.82 bits per heavy atom. The van der Waals surface area contributed by atoms with Gasteiger partial charge >= 0.3 is 0 Å². The molecule has 1 aromatic carbocycles. The quantitative estimate of drug-likeness (QED) is 0.861. The molecule has 4 heteroatoms. The van der Waals surface area contributed by atoms with Crippen molar-refractivity contribution in [2.24, 2.45) is 0 Å². The van der Waals surface area contributed by atoms with Crippen molar-refractivity contribution in [3.63, 3.8) is 0 Å². The normalized spacial score (nSPS) is 15.8. The number of hydrogen-bond acceptors (Lipinski definition) is 4. The van der Waals surface area contributed by atoms with Crippen LogP contribution in [-0.2, 0) is 0 Å². The summed E-state index contributed by atoms with van der Waals surface area (Å²) in [4.78, 5) is 4.38. The Morgan fingerprint density at radius 1 is 1.35 bits per heavy atom. The third-order valence-electron chi connectivity index (χ3n) is 3.37. The van der Waals surface area contributed by atoms with E-state index in [-0.39, 0.29) is 5.75 Å². The van der Waals surface area contributed by atoms with Gasteiger partial charge in [0.05, 0.1) is 0 Å². The van der Waals surface area contributed by atoms with Crippen LogP contribution in [0.5, 0.6) is 5.75 Å². The lowest BCUT2D eigenvalue weighted by molar-refractivity contribution is 0.366. The highest BCUT2D eigenvalue weighted by Crippen LogP contribution is 2.35. The Hall–Kier alpha value is -1.84. The van der Waals surface area contributed by atoms with E-state index in [4.69, 9.17) is 4.52 Å². The van der Waals surface area contributed by atoms with Crippen molar-refractivity contribution >= 4 is 0 Å². The SMILES string of the molecule is Cc1ccc(-c2nc(C3CCC3)no2)cc1O. The highest BCUT2D eigenvalue weighted by molar-refractivity contribution is 5.57. The average molecular weight is 230 g/mol. The molecule has 0 atom stereocenters. The van der Waals surface area contributed by atoms with Gasteiger partial charge in [-0.15, -0.1) is 0 Å². The summed E-state index contributed by atoms with van der Waals surface area (Å²) in [6.45, 7) is 1.85. The van der Waals surface area contributed by atoms with E-state index in [0.717, 1.165) is 29.8 Å². The lowest BCUT2D eigenvalue weighted by atomic mass is 9.85. The van der Waals surface area contributed by atoms with Crippen LogP contribution in [-0.4, -0.2) is 15.2 Å². The predicted octanol–water partition coefficient (Wildman–Crippen LogP) is 3.02. The lowest BCUT2D eigenvalue weighted by Crippen LogP contribution is -2.10. The molecule has 1 fully saturated rings. The summed E-state index contributed by atoms with van der Waals surface area (Å²) in [5.41, 5.74) is 1.61. The molecule has 1 saturated carbocycles. The molecule has 0 radical (unpaired) electrons. The molecule has 4 nitrogen and oxygen atoms in total. The number of hydrogen-bond donors (Lipinski definition) is 1. The number of aromatic nitrogens is 2. The minimum atomic E-state index is 0.255. The maximum Gasteiger partial charge on any atom is 0.258 e. The fourth-order valence-corrected chi connectivity index (χ4v) is 1.93. The molecule has 1 aliphatic carbocycles. The Balaban J connectivity index is 1.92. The van der Waals surface area contributed by atoms with Crippen molar-refractivity contribution < 1.29 is 9.63 Å². The van der Waals surface area contributed by atoms with E-state index in [2.05, 4.69) is 10.1 Å². The molecule has 0 saturated heterocycles. The third kappa shape index (κ3) is 1.79. The van der Waals surface area contributed by atoms with Gasteiger partial charge in [-0.2, -0.15) is 4.98 Å². The Bertz CT molecular complexity index is 544. The molecule has 0 bridgehead atoms. The van der Waals surface area contributed by atoms with E-state index in [1.54, 1.807) is 6.07 Å². The predicted molar refractivity (Wildman–Crippen MR) is 62.7 cm³/mol. The summed E-state index contributed by atoms with van der Waals surface area (Å²) < 4.78 is 5.23. The van der Waals surface area contributed by atoms with Crippen molar-refractivity contribution in [2.45, 2.75) is 32.1 Å². The molecule has 1 N–H and O–H groups in total. The summed E-state index contributed by atoms with van der Waals surface area (Å²) in [5.74, 6) is 2.01. The fraction of sp³-hybridized carbons (Fsp3) is 0.385. The summed E-state index contributed by atoms with van der Waals surface area (Å²) >= 11 is 0. The highest BCUT2D eigenvalue weighted by atomic mass is 16.5. The minimum absolute atomic E-state index is 0.255. The maximum absolute atomic E-state index is 9.64. The molecule has 0 amide bonds. The van der Waals surface area contributed by atoms with Gasteiger partial charge in [-0.05, 0) is 37.5 Å². The molecule has 3 rings (SSSR count). The third-order valence-corrected chi connectivity index (χ3v) is 3.37. The first-order valence-electron chi connectivity index (χ1n) is 5.87. The van der Waals surface area contributed by atoms with Crippen LogP contribution in [0.25, 0.3) is 11.5 Å². The second kappa shape index (κ2) is 3.87. The van der Waals surface area contributed by atoms with Crippen molar-refractivity contribution in [2.75, 3.05) is 0 Å². The van der Waals surface area contributed by atoms with Crippen LogP contribution >= 0.6 is 0 Å². The van der Waals surface area contributed by atoms with Gasteiger partial charge in [0.1, 0.15) is 5.75 Å². The molecule has 1 heterocycles. The second-order valence-corrected chi connectivity index (χ2v) is 4.59. The van der Waals surface area contributed by atoms with Crippen LogP contribution < -0.4 is 0 Å². The number of nitrogens with zero attached hydrogens (tertiary/aromatic N) is 2. The van der Waals surface area contributed by atoms with Crippen molar-refractivity contribution in [1.82, 2.24) is 10.1 Å². The molecule has 0 aliphatic heterocycles. The van der Waals surface area contributed by atoms with E-state index >= 15 is 0 Å².